The third-order valence-corrected chi connectivity index (χ3v) is 11.8. The van der Waals surface area contributed by atoms with Crippen LogP contribution in [-0.2, 0) is 49.4 Å². The number of hydrogen-bond acceptors (Lipinski definition) is 0. The first kappa shape index (κ1) is 62.5. The lowest BCUT2D eigenvalue weighted by Crippen LogP contribution is -3.12. The van der Waals surface area contributed by atoms with Gasteiger partial charge >= 0.3 is 49.4 Å². The quantitative estimate of drug-likeness (QED) is 0.0648. The Labute approximate surface area is 402 Å². The molecule has 4 aromatic rings. The fraction of sp³-hybridized carbons (Fsp3) is 0.489. The molecule has 0 saturated carbocycles. The van der Waals surface area contributed by atoms with E-state index in [0.29, 0.717) is 0 Å². The van der Waals surface area contributed by atoms with E-state index in [0.717, 1.165) is 0 Å². The van der Waals surface area contributed by atoms with Gasteiger partial charge in [0.05, 0.1) is 64.1 Å². The van der Waals surface area contributed by atoms with Gasteiger partial charge in [0, 0.05) is 0 Å². The maximum Gasteiger partial charge on any atom is 0.416 e. The number of benzene rings is 4. The molecule has 73 heavy (non-hydrogen) atoms. The van der Waals surface area contributed by atoms with E-state index in [1.165, 1.54) is 77.4 Å². The van der Waals surface area contributed by atoms with E-state index in [2.05, 4.69) is 20.8 Å². The predicted molar refractivity (Wildman–Crippen MR) is 224 cm³/mol. The van der Waals surface area contributed by atoms with Gasteiger partial charge in [0.1, 0.15) is 6.15 Å². The molecule has 4 rings (SSSR count). The minimum Gasteiger partial charge on any atom is -0.335 e. The van der Waals surface area contributed by atoms with Gasteiger partial charge in [-0.3, -0.25) is 0 Å². The van der Waals surface area contributed by atoms with Crippen LogP contribution in [0.4, 0.5) is 105 Å². The molecule has 0 fully saturated rings. The van der Waals surface area contributed by atoms with E-state index in [4.69, 9.17) is 0 Å². The second-order valence-electron chi connectivity index (χ2n) is 17.3. The molecule has 1 nitrogen and oxygen atoms in total. The van der Waals surface area contributed by atoms with Crippen LogP contribution in [0.1, 0.15) is 123 Å². The minimum absolute atomic E-state index is 0.691. The van der Waals surface area contributed by atoms with E-state index in [1.54, 1.807) is 0 Å². The van der Waals surface area contributed by atoms with Gasteiger partial charge in [0.15, 0.2) is 0 Å². The molecular formula is C47H46BF24N. The summed E-state index contributed by atoms with van der Waals surface area (Å²) >= 11 is 0. The van der Waals surface area contributed by atoms with Crippen LogP contribution in [0.3, 0.4) is 0 Å². The van der Waals surface area contributed by atoms with Gasteiger partial charge in [-0.2, -0.15) is 127 Å². The standard InChI is InChI=1S/C32H12BF24.C15H33N/c34-25(35,36)13-1-14(26(37,38)39)6-21(5-13)33(22-7-15(27(40,41)42)2-16(8-22)28(43,44)45,23-9-17(29(46,47)48)3-18(10-23)30(49,50)51)24-11-19(31(52,53)54)4-20(12-24)32(55,56)57;1-4-7-10-13-16(14-11-8-5-2)15-12-9-6-3/h1-12H;4-15H2,1-3H3/q-1;/p+1. The van der Waals surface area contributed by atoms with Gasteiger partial charge in [0.25, 0.3) is 0 Å². The van der Waals surface area contributed by atoms with Crippen LogP contribution in [0.15, 0.2) is 72.8 Å². The Bertz CT molecular complexity index is 1950. The van der Waals surface area contributed by atoms with Gasteiger partial charge < -0.3 is 4.90 Å². The summed E-state index contributed by atoms with van der Waals surface area (Å²) in [5.74, 6) is 0. The van der Waals surface area contributed by atoms with Crippen molar-refractivity contribution >= 4 is 28.0 Å². The molecule has 0 heterocycles. The summed E-state index contributed by atoms with van der Waals surface area (Å²) in [6, 6.07) is -8.81. The second kappa shape index (κ2) is 23.4. The molecule has 0 atom stereocenters. The topological polar surface area (TPSA) is 4.44 Å². The lowest BCUT2D eigenvalue weighted by molar-refractivity contribution is -0.900. The number of nitrogens with one attached hydrogen (secondary N) is 1. The maximum atomic E-state index is 14.2. The Balaban J connectivity index is 0.000000752. The first-order valence-electron chi connectivity index (χ1n) is 22.3. The highest BCUT2D eigenvalue weighted by atomic mass is 19.4. The molecule has 26 heteroatoms. The van der Waals surface area contributed by atoms with Crippen LogP contribution in [0, 0.1) is 0 Å². The zero-order valence-electron chi connectivity index (χ0n) is 38.6. The lowest BCUT2D eigenvalue weighted by atomic mass is 9.12. The minimum atomic E-state index is -6.13. The zero-order valence-corrected chi connectivity index (χ0v) is 38.6. The third-order valence-electron chi connectivity index (χ3n) is 11.8. The van der Waals surface area contributed by atoms with E-state index >= 15 is 0 Å². The van der Waals surface area contributed by atoms with Crippen molar-refractivity contribution in [2.45, 2.75) is 128 Å². The third kappa shape index (κ3) is 16.9. The highest BCUT2D eigenvalue weighted by Crippen LogP contribution is 2.41. The Morgan fingerprint density at radius 1 is 0.260 bits per heavy atom. The second-order valence-corrected chi connectivity index (χ2v) is 17.3. The van der Waals surface area contributed by atoms with Crippen LogP contribution in [-0.4, -0.2) is 25.8 Å². The Morgan fingerprint density at radius 2 is 0.411 bits per heavy atom. The number of quaternary nitrogens is 1. The maximum absolute atomic E-state index is 14.2. The van der Waals surface area contributed by atoms with Crippen LogP contribution in [0.5, 0.6) is 0 Å². The van der Waals surface area contributed by atoms with E-state index in [9.17, 15) is 105 Å². The highest BCUT2D eigenvalue weighted by molar-refractivity contribution is 7.20. The van der Waals surface area contributed by atoms with Crippen LogP contribution < -0.4 is 26.8 Å². The van der Waals surface area contributed by atoms with E-state index < -0.39 is 195 Å². The molecule has 0 bridgehead atoms. The summed E-state index contributed by atoms with van der Waals surface area (Å²) in [6.45, 7) is 11.2. The van der Waals surface area contributed by atoms with Crippen molar-refractivity contribution in [2.24, 2.45) is 0 Å². The van der Waals surface area contributed by atoms with Crippen molar-refractivity contribution in [1.29, 1.82) is 0 Å². The Morgan fingerprint density at radius 3 is 0.534 bits per heavy atom. The summed E-state index contributed by atoms with van der Waals surface area (Å²) in [6.07, 6.45) is -42.2. The smallest absolute Gasteiger partial charge is 0.335 e. The van der Waals surface area contributed by atoms with Crippen LogP contribution in [0.25, 0.3) is 0 Å². The van der Waals surface area contributed by atoms with E-state index in [-0.39, 0.29) is 0 Å². The number of halogens is 24. The van der Waals surface area contributed by atoms with E-state index in [1.807, 2.05) is 4.90 Å². The molecule has 0 aliphatic rings. The SMILES string of the molecule is CCCCC[NH+](CCCCC)CCCCC.FC(F)(F)c1cc([B-](c2cc(C(F)(F)F)cc(C(F)(F)F)c2)(c2cc(C(F)(F)F)cc(C(F)(F)F)c2)c2cc(C(F)(F)F)cc(C(F)(F)F)c2)cc(C(F)(F)F)c1. The van der Waals surface area contributed by atoms with Crippen molar-refractivity contribution in [3.8, 4) is 0 Å². The molecule has 410 valence electrons. The van der Waals surface area contributed by atoms with Crippen molar-refractivity contribution in [3.05, 3.63) is 117 Å². The molecule has 0 amide bonds. The largest absolute Gasteiger partial charge is 0.416 e. The van der Waals surface area contributed by atoms with Gasteiger partial charge in [0.2, 0.25) is 0 Å². The average Bonchev–Trinajstić information content (AvgIpc) is 3.24. The number of unbranched alkanes of at least 4 members (excludes halogenated alkanes) is 6. The lowest BCUT2D eigenvalue weighted by Gasteiger charge is -2.46. The zero-order chi connectivity index (χ0) is 56.0. The molecule has 0 aliphatic carbocycles. The van der Waals surface area contributed by atoms with Crippen molar-refractivity contribution < 1.29 is 110 Å². The van der Waals surface area contributed by atoms with Crippen LogP contribution >= 0.6 is 0 Å². The van der Waals surface area contributed by atoms with Crippen molar-refractivity contribution in [3.63, 3.8) is 0 Å². The average molecular weight is 1090 g/mol. The summed E-state index contributed by atoms with van der Waals surface area (Å²) in [7, 11) is 0. The highest BCUT2D eigenvalue weighted by Gasteiger charge is 2.47. The molecule has 0 unspecified atom stereocenters. The monoisotopic (exact) mass is 1090 g/mol. The first-order chi connectivity index (χ1) is 33.1. The Hall–Kier alpha value is -4.78. The summed E-state index contributed by atoms with van der Waals surface area (Å²) < 4.78 is 341. The van der Waals surface area contributed by atoms with Crippen LogP contribution in [0.2, 0.25) is 0 Å². The van der Waals surface area contributed by atoms with Gasteiger partial charge in [-0.05, 0) is 62.8 Å². The molecule has 0 aliphatic heterocycles. The molecule has 0 spiro atoms. The number of alkyl halides is 24. The van der Waals surface area contributed by atoms with Gasteiger partial charge in [-0.15, -0.1) is 0 Å². The fourth-order valence-corrected chi connectivity index (χ4v) is 8.32. The molecule has 0 aromatic heterocycles. The van der Waals surface area contributed by atoms with Gasteiger partial charge in [-0.1, -0.05) is 88.6 Å². The van der Waals surface area contributed by atoms with Crippen molar-refractivity contribution in [2.75, 3.05) is 19.6 Å². The first-order valence-corrected chi connectivity index (χ1v) is 22.3. The molecule has 0 saturated heterocycles. The Kier molecular flexibility index (Phi) is 20.0. The van der Waals surface area contributed by atoms with Crippen molar-refractivity contribution in [1.82, 2.24) is 0 Å². The predicted octanol–water partition coefficient (Wildman–Crippen LogP) is 14.7. The summed E-state index contributed by atoms with van der Waals surface area (Å²) in [4.78, 5) is 1.87. The molecule has 0 radical (unpaired) electrons. The van der Waals surface area contributed by atoms with Gasteiger partial charge in [-0.25, -0.2) is 0 Å². The molecule has 1 N–H and O–H groups in total. The number of hydrogen-bond donors (Lipinski definition) is 1. The normalized spacial score (nSPS) is 13.6. The number of rotatable bonds is 16. The molecule has 4 aromatic carbocycles. The summed E-state index contributed by atoms with van der Waals surface area (Å²) in [5, 5.41) is 0. The summed E-state index contributed by atoms with van der Waals surface area (Å²) in [5.41, 5.74) is -30.2. The fourth-order valence-electron chi connectivity index (χ4n) is 8.32. The molecular weight excluding hydrogens is 1050 g/mol.